The summed E-state index contributed by atoms with van der Waals surface area (Å²) >= 11 is 0. The topological polar surface area (TPSA) is 67.6 Å². The van der Waals surface area contributed by atoms with Crippen molar-refractivity contribution in [2.45, 2.75) is 56.5 Å². The molecule has 1 atom stereocenters. The Balaban J connectivity index is 1.42. The smallest absolute Gasteiger partial charge is 0.241 e. The van der Waals surface area contributed by atoms with E-state index in [2.05, 4.69) is 28.4 Å². The van der Waals surface area contributed by atoms with E-state index in [9.17, 15) is 4.79 Å². The Morgan fingerprint density at radius 2 is 1.80 bits per heavy atom. The van der Waals surface area contributed by atoms with Crippen molar-refractivity contribution in [3.63, 3.8) is 0 Å². The van der Waals surface area contributed by atoms with E-state index in [1.807, 2.05) is 24.3 Å². The zero-order chi connectivity index (χ0) is 20.6. The molecule has 5 heteroatoms. The van der Waals surface area contributed by atoms with Gasteiger partial charge < -0.3 is 15.8 Å². The Kier molecular flexibility index (Phi) is 5.15. The Hall–Kier alpha value is -2.53. The van der Waals surface area contributed by atoms with Crippen molar-refractivity contribution in [3.8, 4) is 16.9 Å². The molecule has 1 saturated heterocycles. The lowest BCUT2D eigenvalue weighted by molar-refractivity contribution is -0.133. The van der Waals surface area contributed by atoms with Gasteiger partial charge in [0.05, 0.1) is 12.6 Å². The lowest BCUT2D eigenvalue weighted by Gasteiger charge is -2.39. The number of nitrogens with two attached hydrogens (primary N) is 1. The second kappa shape index (κ2) is 7.95. The first kappa shape index (κ1) is 19.4. The molecule has 1 unspecified atom stereocenters. The zero-order valence-electron chi connectivity index (χ0n) is 17.5. The number of likely N-dealkylation sites (tertiary alicyclic amines) is 1. The molecule has 2 aromatic carbocycles. The number of amides is 1. The van der Waals surface area contributed by atoms with Gasteiger partial charge in [-0.15, -0.1) is 0 Å². The van der Waals surface area contributed by atoms with Gasteiger partial charge in [-0.05, 0) is 74.2 Å². The number of carbonyl (C=O) groups excluding carboxylic acids is 1. The standard InChI is InChI=1S/C25H31N3O2/c26-20-7-5-6-18(16-20)19-8-9-23-21(17-19)22(10-15-30-23)27-24(29)25(11-1-2-12-25)28-13-3-4-14-28/h5-9,16-17,22H,1-4,10-15,26H2,(H,27,29). The van der Waals surface area contributed by atoms with Gasteiger partial charge in [-0.1, -0.05) is 31.0 Å². The molecule has 0 radical (unpaired) electrons. The third kappa shape index (κ3) is 3.45. The average molecular weight is 406 g/mol. The molecule has 0 aromatic heterocycles. The van der Waals surface area contributed by atoms with Crippen molar-refractivity contribution < 1.29 is 9.53 Å². The molecular formula is C25H31N3O2. The number of benzene rings is 2. The summed E-state index contributed by atoms with van der Waals surface area (Å²) in [5, 5.41) is 3.44. The van der Waals surface area contributed by atoms with Crippen LogP contribution in [-0.2, 0) is 4.79 Å². The third-order valence-electron chi connectivity index (χ3n) is 7.14. The second-order valence-electron chi connectivity index (χ2n) is 8.97. The summed E-state index contributed by atoms with van der Waals surface area (Å²) in [5.41, 5.74) is 9.68. The first-order valence-corrected chi connectivity index (χ1v) is 11.3. The fourth-order valence-electron chi connectivity index (χ4n) is 5.53. The fraction of sp³-hybridized carbons (Fsp3) is 0.480. The maximum absolute atomic E-state index is 13.6. The number of rotatable bonds is 4. The monoisotopic (exact) mass is 405 g/mol. The fourth-order valence-corrected chi connectivity index (χ4v) is 5.53. The number of nitrogens with zero attached hydrogens (tertiary/aromatic N) is 1. The van der Waals surface area contributed by atoms with Crippen LogP contribution in [-0.4, -0.2) is 36.0 Å². The quantitative estimate of drug-likeness (QED) is 0.745. The van der Waals surface area contributed by atoms with Crippen LogP contribution >= 0.6 is 0 Å². The summed E-state index contributed by atoms with van der Waals surface area (Å²) in [6.45, 7) is 2.74. The SMILES string of the molecule is Nc1cccc(-c2ccc3c(c2)C(NC(=O)C2(N4CCCC4)CCCC2)CCO3)c1. The van der Waals surface area contributed by atoms with E-state index in [-0.39, 0.29) is 17.5 Å². The van der Waals surface area contributed by atoms with Crippen LogP contribution < -0.4 is 15.8 Å². The van der Waals surface area contributed by atoms with Crippen LogP contribution in [0.2, 0.25) is 0 Å². The number of nitrogens with one attached hydrogen (secondary N) is 1. The second-order valence-corrected chi connectivity index (χ2v) is 8.97. The van der Waals surface area contributed by atoms with Crippen LogP contribution in [0.5, 0.6) is 5.75 Å². The summed E-state index contributed by atoms with van der Waals surface area (Å²) in [5.74, 6) is 1.09. The number of fused-ring (bicyclic) bond motifs is 1. The molecule has 2 aromatic rings. The predicted octanol–water partition coefficient (Wildman–Crippen LogP) is 4.28. The van der Waals surface area contributed by atoms with E-state index >= 15 is 0 Å². The molecule has 0 bridgehead atoms. The van der Waals surface area contributed by atoms with E-state index in [4.69, 9.17) is 10.5 Å². The van der Waals surface area contributed by atoms with Gasteiger partial charge in [0.1, 0.15) is 11.3 Å². The third-order valence-corrected chi connectivity index (χ3v) is 7.14. The number of hydrogen-bond donors (Lipinski definition) is 2. The lowest BCUT2D eigenvalue weighted by atomic mass is 9.91. The van der Waals surface area contributed by atoms with Crippen LogP contribution in [0.25, 0.3) is 11.1 Å². The van der Waals surface area contributed by atoms with Crippen molar-refractivity contribution in [2.75, 3.05) is 25.4 Å². The highest BCUT2D eigenvalue weighted by Gasteiger charge is 2.47. The minimum absolute atomic E-state index is 0.0117. The molecule has 5 rings (SSSR count). The van der Waals surface area contributed by atoms with Gasteiger partial charge in [-0.3, -0.25) is 9.69 Å². The molecule has 5 nitrogen and oxygen atoms in total. The molecule has 30 heavy (non-hydrogen) atoms. The van der Waals surface area contributed by atoms with Crippen molar-refractivity contribution in [1.82, 2.24) is 10.2 Å². The number of ether oxygens (including phenoxy) is 1. The average Bonchev–Trinajstić information content (AvgIpc) is 3.46. The number of carbonyl (C=O) groups is 1. The van der Waals surface area contributed by atoms with Crippen LogP contribution in [0.15, 0.2) is 42.5 Å². The van der Waals surface area contributed by atoms with Gasteiger partial charge in [0.2, 0.25) is 5.91 Å². The molecule has 3 N–H and O–H groups in total. The minimum atomic E-state index is -0.305. The summed E-state index contributed by atoms with van der Waals surface area (Å²) < 4.78 is 5.91. The maximum Gasteiger partial charge on any atom is 0.241 e. The zero-order valence-corrected chi connectivity index (χ0v) is 17.5. The first-order chi connectivity index (χ1) is 14.7. The molecule has 0 spiro atoms. The molecule has 2 fully saturated rings. The Morgan fingerprint density at radius 3 is 2.57 bits per heavy atom. The maximum atomic E-state index is 13.6. The molecule has 2 heterocycles. The minimum Gasteiger partial charge on any atom is -0.493 e. The van der Waals surface area contributed by atoms with Gasteiger partial charge in [-0.25, -0.2) is 0 Å². The van der Waals surface area contributed by atoms with Crippen molar-refractivity contribution in [2.24, 2.45) is 0 Å². The van der Waals surface area contributed by atoms with Gasteiger partial charge >= 0.3 is 0 Å². The summed E-state index contributed by atoms with van der Waals surface area (Å²) in [7, 11) is 0. The number of anilines is 1. The highest BCUT2D eigenvalue weighted by atomic mass is 16.5. The Morgan fingerprint density at radius 1 is 1.03 bits per heavy atom. The summed E-state index contributed by atoms with van der Waals surface area (Å²) in [6, 6.07) is 14.2. The van der Waals surface area contributed by atoms with Crippen LogP contribution in [0.1, 0.15) is 56.6 Å². The van der Waals surface area contributed by atoms with Crippen molar-refractivity contribution in [1.29, 1.82) is 0 Å². The molecule has 1 saturated carbocycles. The molecule has 158 valence electrons. The molecule has 1 aliphatic carbocycles. The van der Waals surface area contributed by atoms with E-state index in [1.165, 1.54) is 12.8 Å². The number of nitrogen functional groups attached to an aromatic ring is 1. The highest BCUT2D eigenvalue weighted by molar-refractivity contribution is 5.87. The number of hydrogen-bond acceptors (Lipinski definition) is 4. The van der Waals surface area contributed by atoms with Crippen molar-refractivity contribution >= 4 is 11.6 Å². The van der Waals surface area contributed by atoms with Gasteiger partial charge in [-0.2, -0.15) is 0 Å². The van der Waals surface area contributed by atoms with Crippen LogP contribution in [0.4, 0.5) is 5.69 Å². The van der Waals surface area contributed by atoms with E-state index in [1.54, 1.807) is 0 Å². The Labute approximate surface area is 178 Å². The van der Waals surface area contributed by atoms with E-state index in [0.29, 0.717) is 6.61 Å². The summed E-state index contributed by atoms with van der Waals surface area (Å²) in [4.78, 5) is 16.1. The first-order valence-electron chi connectivity index (χ1n) is 11.3. The molecule has 1 amide bonds. The normalized spacial score (nSPS) is 23.0. The molecular weight excluding hydrogens is 374 g/mol. The van der Waals surface area contributed by atoms with Crippen molar-refractivity contribution in [3.05, 3.63) is 48.0 Å². The van der Waals surface area contributed by atoms with E-state index < -0.39 is 0 Å². The summed E-state index contributed by atoms with van der Waals surface area (Å²) in [6.07, 6.45) is 7.48. The van der Waals surface area contributed by atoms with Gasteiger partial charge in [0.25, 0.3) is 0 Å². The lowest BCUT2D eigenvalue weighted by Crippen LogP contribution is -2.57. The van der Waals surface area contributed by atoms with Crippen LogP contribution in [0.3, 0.4) is 0 Å². The van der Waals surface area contributed by atoms with Crippen LogP contribution in [0, 0.1) is 0 Å². The molecule has 3 aliphatic rings. The largest absolute Gasteiger partial charge is 0.493 e. The van der Waals surface area contributed by atoms with Gasteiger partial charge in [0.15, 0.2) is 0 Å². The predicted molar refractivity (Wildman–Crippen MR) is 119 cm³/mol. The van der Waals surface area contributed by atoms with E-state index in [0.717, 1.165) is 73.3 Å². The molecule has 2 aliphatic heterocycles. The highest BCUT2D eigenvalue weighted by Crippen LogP contribution is 2.40. The van der Waals surface area contributed by atoms with Gasteiger partial charge in [0, 0.05) is 17.7 Å². The Bertz CT molecular complexity index is 930.